The number of hydrogen-bond donors (Lipinski definition) is 0. The van der Waals surface area contributed by atoms with E-state index in [1.165, 1.54) is 219 Å². The first-order valence-corrected chi connectivity index (χ1v) is 45.4. The minimum absolute atomic E-state index is 0.290. The number of hydrogen-bond acceptors (Lipinski definition) is 11. The Labute approximate surface area is 669 Å². The first-order valence-electron chi connectivity index (χ1n) is 45.4. The Morgan fingerprint density at radius 1 is 0.342 bits per heavy atom. The molecular formula is C100H140N4O7. The highest BCUT2D eigenvalue weighted by Crippen LogP contribution is 2.72. The van der Waals surface area contributed by atoms with E-state index in [2.05, 4.69) is 142 Å². The number of fused-ring (bicyclic) bond motifs is 20. The zero-order valence-electron chi connectivity index (χ0n) is 70.4. The van der Waals surface area contributed by atoms with Crippen molar-refractivity contribution in [1.29, 1.82) is 0 Å². The summed E-state index contributed by atoms with van der Waals surface area (Å²) in [7, 11) is 3.46. The fourth-order valence-corrected chi connectivity index (χ4v) is 30.7. The van der Waals surface area contributed by atoms with E-state index in [0.717, 1.165) is 165 Å². The molecule has 12 fully saturated rings. The summed E-state index contributed by atoms with van der Waals surface area (Å²) >= 11 is 0. The van der Waals surface area contributed by atoms with Crippen molar-refractivity contribution in [2.24, 2.45) is 138 Å². The van der Waals surface area contributed by atoms with Crippen molar-refractivity contribution in [3.05, 3.63) is 126 Å². The van der Waals surface area contributed by atoms with Gasteiger partial charge >= 0.3 is 0 Å². The van der Waals surface area contributed by atoms with Gasteiger partial charge in [-0.25, -0.2) is 0 Å². The van der Waals surface area contributed by atoms with Crippen LogP contribution in [0.4, 0.5) is 0 Å². The molecule has 0 N–H and O–H groups in total. The van der Waals surface area contributed by atoms with Gasteiger partial charge in [-0.3, -0.25) is 19.9 Å². The van der Waals surface area contributed by atoms with Gasteiger partial charge in [0.2, 0.25) is 0 Å². The van der Waals surface area contributed by atoms with Crippen LogP contribution in [0.2, 0.25) is 0 Å². The molecule has 24 atom stereocenters. The molecule has 4 aromatic heterocycles. The van der Waals surface area contributed by atoms with Crippen molar-refractivity contribution in [2.75, 3.05) is 73.7 Å². The molecule has 0 spiro atoms. The van der Waals surface area contributed by atoms with Gasteiger partial charge in [0, 0.05) is 83.8 Å². The number of allylic oxidation sites excluding steroid dienone is 8. The topological polar surface area (TPSA) is 116 Å². The first kappa shape index (κ1) is 78.3. The third kappa shape index (κ3) is 13.8. The maximum absolute atomic E-state index is 5.98. The number of aromatic nitrogens is 4. The van der Waals surface area contributed by atoms with Gasteiger partial charge < -0.3 is 33.2 Å². The Morgan fingerprint density at radius 3 is 1.06 bits per heavy atom. The lowest BCUT2D eigenvalue weighted by atomic mass is 9.46. The number of nitrogens with zero attached hydrogens (tertiary/aromatic N) is 4. The van der Waals surface area contributed by atoms with Crippen LogP contribution in [-0.2, 0) is 18.9 Å². The highest BCUT2D eigenvalue weighted by atomic mass is 16.5. The summed E-state index contributed by atoms with van der Waals surface area (Å²) < 4.78 is 40.4. The minimum Gasteiger partial charge on any atom is -0.495 e. The average molecular weight is 1510 g/mol. The fraction of sp³-hybridized carbons (Fsp3) is 0.720. The quantitative estimate of drug-likeness (QED) is 0.168. The van der Waals surface area contributed by atoms with E-state index in [1.807, 2.05) is 44.1 Å². The predicted octanol–water partition coefficient (Wildman–Crippen LogP) is 23.4. The predicted molar refractivity (Wildman–Crippen MR) is 446 cm³/mol. The van der Waals surface area contributed by atoms with E-state index in [-0.39, 0.29) is 5.41 Å². The number of methoxy groups -OCH3 is 2. The number of ether oxygens (including phenoxy) is 7. The highest BCUT2D eigenvalue weighted by Gasteiger charge is 2.63. The number of pyridine rings is 4. The zero-order chi connectivity index (χ0) is 76.6. The molecule has 4 aliphatic heterocycles. The van der Waals surface area contributed by atoms with E-state index in [9.17, 15) is 0 Å². The van der Waals surface area contributed by atoms with E-state index in [1.54, 1.807) is 19.8 Å². The fourth-order valence-electron chi connectivity index (χ4n) is 30.7. The van der Waals surface area contributed by atoms with Crippen LogP contribution in [0.15, 0.2) is 104 Å². The van der Waals surface area contributed by atoms with Gasteiger partial charge in [0.05, 0.1) is 39.4 Å². The summed E-state index contributed by atoms with van der Waals surface area (Å²) in [6, 6.07) is 10.9. The highest BCUT2D eigenvalue weighted by molar-refractivity contribution is 5.76. The third-order valence-electron chi connectivity index (χ3n) is 36.8. The van der Waals surface area contributed by atoms with Crippen molar-refractivity contribution in [2.45, 2.75) is 242 Å². The van der Waals surface area contributed by atoms with Crippen LogP contribution in [-0.4, -0.2) is 93.6 Å². The molecule has 0 aromatic carbocycles. The molecule has 602 valence electrons. The summed E-state index contributed by atoms with van der Waals surface area (Å²) in [6.07, 6.45) is 63.1. The second-order valence-corrected chi connectivity index (χ2v) is 40.8. The molecule has 11 heteroatoms. The summed E-state index contributed by atoms with van der Waals surface area (Å²) in [5.41, 5.74) is 14.6. The third-order valence-corrected chi connectivity index (χ3v) is 36.8. The van der Waals surface area contributed by atoms with Gasteiger partial charge in [0.1, 0.15) is 17.2 Å². The van der Waals surface area contributed by atoms with Crippen molar-refractivity contribution in [1.82, 2.24) is 19.9 Å². The van der Waals surface area contributed by atoms with Gasteiger partial charge in [-0.2, -0.15) is 0 Å². The molecule has 12 aliphatic carbocycles. The molecule has 11 nitrogen and oxygen atoms in total. The van der Waals surface area contributed by atoms with E-state index < -0.39 is 0 Å². The van der Waals surface area contributed by atoms with Crippen molar-refractivity contribution >= 4 is 22.3 Å². The zero-order valence-corrected chi connectivity index (χ0v) is 70.4. The van der Waals surface area contributed by atoms with Crippen LogP contribution >= 0.6 is 0 Å². The SMILES string of the molecule is CCOc1cncc(C2=CC[C@H]3[C@@H]4CC[C@H]5CCOCC[C@]5(C)[C@H]4CC[C@]23C)c1.COc1cncc(C2=CC[C@H]3[C@@H]4CC[C@H]5CCOCC[C@]5(C)[C@H]4CC[C@]23C)c1.COc1cncc(C2=CC[C@H]3[C@@H]4CC[C@H]5COCCC[C@]5(C)[C@H]4CC[C@]23C)c1.C[C@]12CCCOC[C@@H]1CC[C@@H]1[C@@H]2CC[C@]2(C)C(c3cccnc3)=CC[C@@H]12. The molecule has 8 saturated carbocycles. The summed E-state index contributed by atoms with van der Waals surface area (Å²) in [4.78, 5) is 17.8. The Kier molecular flexibility index (Phi) is 22.4. The van der Waals surface area contributed by atoms with E-state index >= 15 is 0 Å². The molecule has 8 heterocycles. The Balaban J connectivity index is 0.000000108. The van der Waals surface area contributed by atoms with Crippen LogP contribution in [0.1, 0.15) is 264 Å². The minimum atomic E-state index is 0.290. The van der Waals surface area contributed by atoms with Crippen molar-refractivity contribution in [3.8, 4) is 17.2 Å². The standard InChI is InChI=1S/C26H37NO2.2C25H35NO2.C24H33NO/c1-4-29-20-15-18(16-27-17-20)22-7-8-23-21-6-5-19-10-13-28-14-12-25(19,2)24(21)9-11-26(22,23)3;1-24-10-4-12-28-16-18(24)5-6-20-22-8-7-21(25(22,2)11-9-23(20)24)17-13-19(27-3)15-26-14-17;1-24-11-13-28-12-9-18(24)4-5-20-22-7-6-21(25(22,2)10-8-23(20)24)17-14-19(27-3)16-26-15-17;1-23-11-4-14-26-16-18(23)6-7-19-21-9-8-20(17-5-3-13-25-15-17)24(21,2)12-10-22(19)23/h7,15-17,19,21,23-24H,4-6,8-14H2,1-3H3;7,13-15,18,20,22-23H,4-6,8-12,16H2,1-3H3;6,14-16,18,20,22-23H,4-5,7-13H2,1-3H3;3,5,8,13,15,18-19,21-22H,4,6-7,9-12,14,16H2,1-2H3/t19-,21-,23-,24-,25-,26+;2*18-,20-,22-,23-,24-,25+;18-,19-,21-,22-,23-,24+/m0000/s1. The normalized spacial score (nSPS) is 42.9. The summed E-state index contributed by atoms with van der Waals surface area (Å²) in [5.74, 6) is 16.2. The van der Waals surface area contributed by atoms with Gasteiger partial charge in [0.25, 0.3) is 0 Å². The molecule has 20 rings (SSSR count). The Hall–Kier alpha value is -5.20. The molecular weight excluding hydrogens is 1370 g/mol. The van der Waals surface area contributed by atoms with Crippen LogP contribution < -0.4 is 14.2 Å². The van der Waals surface area contributed by atoms with E-state index in [0.29, 0.717) is 44.5 Å². The largest absolute Gasteiger partial charge is 0.495 e. The lowest BCUT2D eigenvalue weighted by Crippen LogP contribution is -2.51. The summed E-state index contributed by atoms with van der Waals surface area (Å²) in [6.45, 7) is 31.2. The van der Waals surface area contributed by atoms with Crippen LogP contribution in [0.3, 0.4) is 0 Å². The Morgan fingerprint density at radius 2 is 0.694 bits per heavy atom. The van der Waals surface area contributed by atoms with Gasteiger partial charge in [0.15, 0.2) is 0 Å². The van der Waals surface area contributed by atoms with Crippen LogP contribution in [0.5, 0.6) is 17.2 Å². The molecule has 0 unspecified atom stereocenters. The van der Waals surface area contributed by atoms with Crippen LogP contribution in [0, 0.1) is 138 Å². The lowest BCUT2D eigenvalue weighted by Gasteiger charge is -2.58. The average Bonchev–Trinajstić information content (AvgIpc) is 1.66. The molecule has 0 bridgehead atoms. The van der Waals surface area contributed by atoms with E-state index in [4.69, 9.17) is 33.2 Å². The van der Waals surface area contributed by atoms with Gasteiger partial charge in [-0.1, -0.05) is 85.8 Å². The maximum atomic E-state index is 5.98. The lowest BCUT2D eigenvalue weighted by molar-refractivity contribution is -0.0885. The first-order chi connectivity index (χ1) is 53.8. The number of rotatable bonds is 8. The molecule has 4 saturated heterocycles. The second kappa shape index (κ2) is 31.7. The monoisotopic (exact) mass is 1510 g/mol. The molecule has 111 heavy (non-hydrogen) atoms. The second-order valence-electron chi connectivity index (χ2n) is 40.8. The molecule has 4 aromatic rings. The van der Waals surface area contributed by atoms with Crippen molar-refractivity contribution < 1.29 is 33.2 Å². The molecule has 16 aliphatic rings. The molecule has 0 radical (unpaired) electrons. The van der Waals surface area contributed by atoms with Gasteiger partial charge in [-0.05, 0) is 394 Å². The maximum Gasteiger partial charge on any atom is 0.138 e. The van der Waals surface area contributed by atoms with Crippen molar-refractivity contribution in [3.63, 3.8) is 0 Å². The smallest absolute Gasteiger partial charge is 0.138 e. The van der Waals surface area contributed by atoms with Gasteiger partial charge in [-0.15, -0.1) is 0 Å². The van der Waals surface area contributed by atoms with Crippen LogP contribution in [0.25, 0.3) is 22.3 Å². The molecule has 0 amide bonds. The Bertz CT molecular complexity index is 3930. The summed E-state index contributed by atoms with van der Waals surface area (Å²) in [5, 5.41) is 0.